The number of urea groups is 1. The zero-order valence-corrected chi connectivity index (χ0v) is 12.2. The van der Waals surface area contributed by atoms with Crippen LogP contribution < -0.4 is 10.6 Å². The number of likely N-dealkylation sites (N-methyl/N-ethyl adjacent to an activating group) is 1. The summed E-state index contributed by atoms with van der Waals surface area (Å²) >= 11 is 0. The van der Waals surface area contributed by atoms with Crippen molar-refractivity contribution in [3.05, 3.63) is 23.7 Å². The zero-order chi connectivity index (χ0) is 16.0. The molecule has 0 saturated carbocycles. The van der Waals surface area contributed by atoms with Crippen molar-refractivity contribution in [1.29, 1.82) is 0 Å². The molecule has 0 spiro atoms. The molecule has 3 amide bonds. The summed E-state index contributed by atoms with van der Waals surface area (Å²) in [5.41, 5.74) is 0. The summed E-state index contributed by atoms with van der Waals surface area (Å²) in [6.07, 6.45) is 0. The molecule has 1 aromatic heterocycles. The van der Waals surface area contributed by atoms with E-state index in [1.165, 1.54) is 24.1 Å². The Morgan fingerprint density at radius 3 is 2.52 bits per heavy atom. The maximum Gasteiger partial charge on any atom is 0.371 e. The highest BCUT2D eigenvalue weighted by atomic mass is 16.4. The van der Waals surface area contributed by atoms with Crippen LogP contribution in [0.1, 0.15) is 30.2 Å². The number of carbonyl (C=O) groups is 3. The van der Waals surface area contributed by atoms with Gasteiger partial charge >= 0.3 is 12.0 Å². The lowest BCUT2D eigenvalue weighted by atomic mass is 10.4. The van der Waals surface area contributed by atoms with E-state index in [9.17, 15) is 14.4 Å². The van der Waals surface area contributed by atoms with Crippen LogP contribution in [0.2, 0.25) is 0 Å². The van der Waals surface area contributed by atoms with Crippen LogP contribution in [-0.2, 0) is 11.3 Å². The Balaban J connectivity index is 2.41. The van der Waals surface area contributed by atoms with E-state index in [1.807, 2.05) is 13.8 Å². The van der Waals surface area contributed by atoms with Gasteiger partial charge in [-0.05, 0) is 26.0 Å². The molecule has 0 radical (unpaired) electrons. The third-order valence-corrected chi connectivity index (χ3v) is 2.46. The maximum absolute atomic E-state index is 11.8. The van der Waals surface area contributed by atoms with E-state index in [2.05, 4.69) is 10.6 Å². The zero-order valence-electron chi connectivity index (χ0n) is 12.2. The predicted molar refractivity (Wildman–Crippen MR) is 73.8 cm³/mol. The predicted octanol–water partition coefficient (Wildman–Crippen LogP) is 0.644. The van der Waals surface area contributed by atoms with E-state index < -0.39 is 12.0 Å². The smallest absolute Gasteiger partial charge is 0.371 e. The molecule has 0 aliphatic heterocycles. The monoisotopic (exact) mass is 297 g/mol. The van der Waals surface area contributed by atoms with Crippen molar-refractivity contribution < 1.29 is 23.9 Å². The van der Waals surface area contributed by atoms with Gasteiger partial charge in [-0.2, -0.15) is 0 Å². The topological polar surface area (TPSA) is 112 Å². The fourth-order valence-electron chi connectivity index (χ4n) is 1.54. The van der Waals surface area contributed by atoms with E-state index >= 15 is 0 Å². The normalized spacial score (nSPS) is 10.3. The van der Waals surface area contributed by atoms with E-state index in [4.69, 9.17) is 9.52 Å². The SMILES string of the molecule is CC(C)NC(=O)CN(C)C(=O)NCc1ccc(C(=O)O)o1. The molecule has 116 valence electrons. The van der Waals surface area contributed by atoms with Crippen LogP contribution in [-0.4, -0.2) is 47.5 Å². The molecule has 1 heterocycles. The number of hydrogen-bond acceptors (Lipinski definition) is 4. The molecule has 0 saturated heterocycles. The Morgan fingerprint density at radius 1 is 1.33 bits per heavy atom. The number of furan rings is 1. The number of aromatic carboxylic acids is 1. The van der Waals surface area contributed by atoms with Crippen LogP contribution in [0, 0.1) is 0 Å². The Morgan fingerprint density at radius 2 is 2.00 bits per heavy atom. The molecule has 3 N–H and O–H groups in total. The fraction of sp³-hybridized carbons (Fsp3) is 0.462. The average molecular weight is 297 g/mol. The van der Waals surface area contributed by atoms with Gasteiger partial charge in [0.1, 0.15) is 12.3 Å². The minimum atomic E-state index is -1.17. The van der Waals surface area contributed by atoms with Crippen LogP contribution in [0.15, 0.2) is 16.5 Å². The Labute approximate surface area is 122 Å². The molecule has 21 heavy (non-hydrogen) atoms. The first-order chi connectivity index (χ1) is 9.79. The summed E-state index contributed by atoms with van der Waals surface area (Å²) in [5, 5.41) is 13.9. The summed E-state index contributed by atoms with van der Waals surface area (Å²) < 4.78 is 5.00. The van der Waals surface area contributed by atoms with Crippen molar-refractivity contribution in [2.45, 2.75) is 26.4 Å². The van der Waals surface area contributed by atoms with Gasteiger partial charge in [0, 0.05) is 13.1 Å². The molecule has 1 aromatic rings. The van der Waals surface area contributed by atoms with Crippen LogP contribution in [0.4, 0.5) is 4.79 Å². The second-order valence-electron chi connectivity index (χ2n) is 4.81. The third-order valence-electron chi connectivity index (χ3n) is 2.46. The Hall–Kier alpha value is -2.51. The number of amides is 3. The Kier molecular flexibility index (Phi) is 5.77. The van der Waals surface area contributed by atoms with E-state index in [0.29, 0.717) is 5.76 Å². The number of rotatable bonds is 6. The molecule has 8 heteroatoms. The highest BCUT2D eigenvalue weighted by Gasteiger charge is 2.14. The van der Waals surface area contributed by atoms with E-state index in [1.54, 1.807) is 0 Å². The molecule has 0 atom stereocenters. The molecule has 8 nitrogen and oxygen atoms in total. The summed E-state index contributed by atoms with van der Waals surface area (Å²) in [5.74, 6) is -1.30. The van der Waals surface area contributed by atoms with Crippen molar-refractivity contribution >= 4 is 17.9 Å². The van der Waals surface area contributed by atoms with Crippen molar-refractivity contribution in [2.24, 2.45) is 0 Å². The maximum atomic E-state index is 11.8. The summed E-state index contributed by atoms with van der Waals surface area (Å²) in [4.78, 5) is 35.1. The second kappa shape index (κ2) is 7.32. The summed E-state index contributed by atoms with van der Waals surface area (Å²) in [6, 6.07) is 2.33. The molecular weight excluding hydrogens is 278 g/mol. The van der Waals surface area contributed by atoms with Gasteiger partial charge in [-0.3, -0.25) is 4.79 Å². The Bertz CT molecular complexity index is 524. The van der Waals surface area contributed by atoms with Crippen LogP contribution in [0.25, 0.3) is 0 Å². The summed E-state index contributed by atoms with van der Waals surface area (Å²) in [7, 11) is 1.49. The van der Waals surface area contributed by atoms with Gasteiger partial charge in [-0.1, -0.05) is 0 Å². The molecule has 0 bridgehead atoms. The minimum Gasteiger partial charge on any atom is -0.475 e. The lowest BCUT2D eigenvalue weighted by Crippen LogP contribution is -2.44. The highest BCUT2D eigenvalue weighted by Crippen LogP contribution is 2.07. The highest BCUT2D eigenvalue weighted by molar-refractivity contribution is 5.84. The van der Waals surface area contributed by atoms with Crippen molar-refractivity contribution in [3.63, 3.8) is 0 Å². The molecule has 0 aromatic carbocycles. The number of carbonyl (C=O) groups excluding carboxylic acids is 2. The van der Waals surface area contributed by atoms with Gasteiger partial charge in [0.05, 0.1) is 6.54 Å². The van der Waals surface area contributed by atoms with Gasteiger partial charge in [0.2, 0.25) is 11.7 Å². The van der Waals surface area contributed by atoms with Crippen molar-refractivity contribution in [3.8, 4) is 0 Å². The van der Waals surface area contributed by atoms with Gasteiger partial charge in [-0.25, -0.2) is 9.59 Å². The average Bonchev–Trinajstić information content (AvgIpc) is 2.83. The minimum absolute atomic E-state index is 0.00604. The van der Waals surface area contributed by atoms with Crippen LogP contribution >= 0.6 is 0 Å². The largest absolute Gasteiger partial charge is 0.475 e. The van der Waals surface area contributed by atoms with Gasteiger partial charge in [-0.15, -0.1) is 0 Å². The van der Waals surface area contributed by atoms with Gasteiger partial charge in [0.25, 0.3) is 0 Å². The molecule has 1 rings (SSSR count). The van der Waals surface area contributed by atoms with Gasteiger partial charge in [0.15, 0.2) is 0 Å². The molecule has 0 fully saturated rings. The number of carboxylic acid groups (broad SMARTS) is 1. The van der Waals surface area contributed by atoms with Gasteiger partial charge < -0.3 is 25.1 Å². The second-order valence-corrected chi connectivity index (χ2v) is 4.81. The van der Waals surface area contributed by atoms with Crippen LogP contribution in [0.3, 0.4) is 0 Å². The van der Waals surface area contributed by atoms with Crippen LogP contribution in [0.5, 0.6) is 0 Å². The number of nitrogens with zero attached hydrogens (tertiary/aromatic N) is 1. The quantitative estimate of drug-likeness (QED) is 0.713. The molecule has 0 aliphatic carbocycles. The standard InChI is InChI=1S/C13H19N3O5/c1-8(2)15-11(17)7-16(3)13(20)14-6-9-4-5-10(21-9)12(18)19/h4-5,8H,6-7H2,1-3H3,(H,14,20)(H,15,17)(H,18,19). The first kappa shape index (κ1) is 16.5. The molecule has 0 unspecified atom stereocenters. The lowest BCUT2D eigenvalue weighted by Gasteiger charge is -2.18. The molecule has 0 aliphatic rings. The fourth-order valence-corrected chi connectivity index (χ4v) is 1.54. The first-order valence-corrected chi connectivity index (χ1v) is 6.40. The number of nitrogens with one attached hydrogen (secondary N) is 2. The van der Waals surface area contributed by atoms with Crippen molar-refractivity contribution in [1.82, 2.24) is 15.5 Å². The number of carboxylic acids is 1. The van der Waals surface area contributed by atoms with Crippen molar-refractivity contribution in [2.75, 3.05) is 13.6 Å². The number of hydrogen-bond donors (Lipinski definition) is 3. The summed E-state index contributed by atoms with van der Waals surface area (Å²) in [6.45, 7) is 3.63. The van der Waals surface area contributed by atoms with E-state index in [-0.39, 0.29) is 30.8 Å². The first-order valence-electron chi connectivity index (χ1n) is 6.40. The van der Waals surface area contributed by atoms with E-state index in [0.717, 1.165) is 0 Å². The third kappa shape index (κ3) is 5.55. The lowest BCUT2D eigenvalue weighted by molar-refractivity contribution is -0.121. The molecular formula is C13H19N3O5.